The fraction of sp³-hybridized carbons (Fsp3) is 0.231. The number of sulfonamides is 1. The lowest BCUT2D eigenvalue weighted by Gasteiger charge is -2.08. The standard InChI is InChI=1S/C13H13BrN4O2S/c14-9-1-5-11(6-2-9)21(19,20)18-13-8-7-12(16-17-13)15-10-3-4-10/h1-2,5-8,10H,3-4H2,(H,15,16)(H,17,18). The van der Waals surface area contributed by atoms with Crippen molar-refractivity contribution in [3.63, 3.8) is 0 Å². The second kappa shape index (κ2) is 5.61. The molecule has 2 aromatic rings. The van der Waals surface area contributed by atoms with E-state index in [4.69, 9.17) is 0 Å². The largest absolute Gasteiger partial charge is 0.366 e. The van der Waals surface area contributed by atoms with Crippen LogP contribution < -0.4 is 10.0 Å². The van der Waals surface area contributed by atoms with E-state index in [-0.39, 0.29) is 10.7 Å². The SMILES string of the molecule is O=S(=O)(Nc1ccc(NC2CC2)nn1)c1ccc(Br)cc1. The summed E-state index contributed by atoms with van der Waals surface area (Å²) in [6.07, 6.45) is 2.28. The number of rotatable bonds is 5. The second-order valence-corrected chi connectivity index (χ2v) is 7.38. The molecular formula is C13H13BrN4O2S. The Morgan fingerprint density at radius 3 is 2.19 bits per heavy atom. The first kappa shape index (κ1) is 14.3. The summed E-state index contributed by atoms with van der Waals surface area (Å²) in [6.45, 7) is 0. The molecule has 3 rings (SSSR count). The van der Waals surface area contributed by atoms with Crippen LogP contribution in [-0.4, -0.2) is 24.7 Å². The Morgan fingerprint density at radius 2 is 1.62 bits per heavy atom. The molecule has 0 atom stereocenters. The van der Waals surface area contributed by atoms with Crippen LogP contribution in [-0.2, 0) is 10.0 Å². The Bertz CT molecular complexity index is 728. The van der Waals surface area contributed by atoms with Gasteiger partial charge in [0.05, 0.1) is 4.90 Å². The lowest BCUT2D eigenvalue weighted by Crippen LogP contribution is -2.14. The minimum Gasteiger partial charge on any atom is -0.366 e. The van der Waals surface area contributed by atoms with E-state index in [9.17, 15) is 8.42 Å². The van der Waals surface area contributed by atoms with Crippen molar-refractivity contribution >= 4 is 37.6 Å². The Balaban J connectivity index is 1.73. The maximum Gasteiger partial charge on any atom is 0.263 e. The molecule has 2 N–H and O–H groups in total. The van der Waals surface area contributed by atoms with E-state index < -0.39 is 10.0 Å². The third kappa shape index (κ3) is 3.70. The van der Waals surface area contributed by atoms with Crippen LogP contribution in [0.3, 0.4) is 0 Å². The summed E-state index contributed by atoms with van der Waals surface area (Å²) < 4.78 is 27.6. The monoisotopic (exact) mass is 368 g/mol. The van der Waals surface area contributed by atoms with Crippen LogP contribution in [0, 0.1) is 0 Å². The third-order valence-electron chi connectivity index (χ3n) is 2.96. The fourth-order valence-electron chi connectivity index (χ4n) is 1.71. The molecule has 110 valence electrons. The highest BCUT2D eigenvalue weighted by molar-refractivity contribution is 9.10. The molecule has 0 unspecified atom stereocenters. The van der Waals surface area contributed by atoms with Gasteiger partial charge in [-0.05, 0) is 49.2 Å². The van der Waals surface area contributed by atoms with Crippen molar-refractivity contribution in [3.8, 4) is 0 Å². The summed E-state index contributed by atoms with van der Waals surface area (Å²) in [5, 5.41) is 11.0. The summed E-state index contributed by atoms with van der Waals surface area (Å²) in [6, 6.07) is 10.2. The molecule has 0 amide bonds. The molecule has 0 aliphatic heterocycles. The Labute approximate surface area is 131 Å². The molecule has 0 spiro atoms. The van der Waals surface area contributed by atoms with Crippen LogP contribution in [0.4, 0.5) is 11.6 Å². The molecule has 0 radical (unpaired) electrons. The van der Waals surface area contributed by atoms with Crippen LogP contribution in [0.5, 0.6) is 0 Å². The number of halogens is 1. The van der Waals surface area contributed by atoms with Crippen molar-refractivity contribution < 1.29 is 8.42 Å². The number of hydrogen-bond acceptors (Lipinski definition) is 5. The van der Waals surface area contributed by atoms with Crippen molar-refractivity contribution in [2.24, 2.45) is 0 Å². The summed E-state index contributed by atoms with van der Waals surface area (Å²) in [7, 11) is -3.65. The van der Waals surface area contributed by atoms with Gasteiger partial charge in [0.15, 0.2) is 5.82 Å². The van der Waals surface area contributed by atoms with Gasteiger partial charge in [0.25, 0.3) is 10.0 Å². The minimum atomic E-state index is -3.65. The zero-order valence-electron chi connectivity index (χ0n) is 11.0. The minimum absolute atomic E-state index is 0.174. The van der Waals surface area contributed by atoms with Crippen molar-refractivity contribution in [1.29, 1.82) is 0 Å². The summed E-state index contributed by atoms with van der Waals surface area (Å²) in [4.78, 5) is 0.174. The molecule has 0 bridgehead atoms. The van der Waals surface area contributed by atoms with E-state index >= 15 is 0 Å². The second-order valence-electron chi connectivity index (χ2n) is 4.78. The summed E-state index contributed by atoms with van der Waals surface area (Å²) >= 11 is 3.27. The van der Waals surface area contributed by atoms with Gasteiger partial charge in [0.2, 0.25) is 0 Å². The van der Waals surface area contributed by atoms with Gasteiger partial charge in [-0.3, -0.25) is 4.72 Å². The van der Waals surface area contributed by atoms with Gasteiger partial charge >= 0.3 is 0 Å². The van der Waals surface area contributed by atoms with Crippen molar-refractivity contribution in [2.45, 2.75) is 23.8 Å². The first-order valence-electron chi connectivity index (χ1n) is 6.41. The predicted octanol–water partition coefficient (Wildman–Crippen LogP) is 2.61. The zero-order chi connectivity index (χ0) is 14.9. The first-order chi connectivity index (χ1) is 10.0. The van der Waals surface area contributed by atoms with Crippen molar-refractivity contribution in [2.75, 3.05) is 10.0 Å². The van der Waals surface area contributed by atoms with Crippen molar-refractivity contribution in [1.82, 2.24) is 10.2 Å². The van der Waals surface area contributed by atoms with Gasteiger partial charge < -0.3 is 5.32 Å². The average Bonchev–Trinajstić information content (AvgIpc) is 3.25. The molecule has 1 aromatic heterocycles. The molecule has 1 fully saturated rings. The van der Waals surface area contributed by atoms with Crippen LogP contribution >= 0.6 is 15.9 Å². The molecule has 1 aromatic carbocycles. The van der Waals surface area contributed by atoms with E-state index in [1.807, 2.05) is 0 Å². The lowest BCUT2D eigenvalue weighted by molar-refractivity contribution is 0.601. The fourth-order valence-corrected chi connectivity index (χ4v) is 2.97. The van der Waals surface area contributed by atoms with Gasteiger partial charge in [-0.25, -0.2) is 8.42 Å². The van der Waals surface area contributed by atoms with E-state index in [1.165, 1.54) is 12.1 Å². The zero-order valence-corrected chi connectivity index (χ0v) is 13.4. The predicted molar refractivity (Wildman–Crippen MR) is 83.6 cm³/mol. The van der Waals surface area contributed by atoms with E-state index in [0.717, 1.165) is 17.3 Å². The number of nitrogens with one attached hydrogen (secondary N) is 2. The van der Waals surface area contributed by atoms with E-state index in [0.29, 0.717) is 11.9 Å². The number of benzene rings is 1. The van der Waals surface area contributed by atoms with Crippen molar-refractivity contribution in [3.05, 3.63) is 40.9 Å². The average molecular weight is 369 g/mol. The molecule has 0 saturated heterocycles. The van der Waals surface area contributed by atoms with Gasteiger partial charge in [0.1, 0.15) is 5.82 Å². The van der Waals surface area contributed by atoms with Crippen LogP contribution in [0.2, 0.25) is 0 Å². The number of hydrogen-bond donors (Lipinski definition) is 2. The quantitative estimate of drug-likeness (QED) is 0.847. The number of aromatic nitrogens is 2. The van der Waals surface area contributed by atoms with Gasteiger partial charge in [-0.15, -0.1) is 10.2 Å². The molecule has 21 heavy (non-hydrogen) atoms. The highest BCUT2D eigenvalue weighted by Crippen LogP contribution is 2.23. The van der Waals surface area contributed by atoms with Gasteiger partial charge in [-0.2, -0.15) is 0 Å². The Morgan fingerprint density at radius 1 is 1.00 bits per heavy atom. The summed E-state index contributed by atoms with van der Waals surface area (Å²) in [5.41, 5.74) is 0. The molecule has 1 saturated carbocycles. The number of anilines is 2. The first-order valence-corrected chi connectivity index (χ1v) is 8.69. The third-order valence-corrected chi connectivity index (χ3v) is 4.86. The van der Waals surface area contributed by atoms with E-state index in [1.54, 1.807) is 24.3 Å². The molecule has 1 aliphatic carbocycles. The smallest absolute Gasteiger partial charge is 0.263 e. The highest BCUT2D eigenvalue weighted by Gasteiger charge is 2.21. The molecule has 8 heteroatoms. The maximum atomic E-state index is 12.2. The lowest BCUT2D eigenvalue weighted by atomic mass is 10.4. The molecule has 6 nitrogen and oxygen atoms in total. The maximum absolute atomic E-state index is 12.2. The van der Waals surface area contributed by atoms with E-state index in [2.05, 4.69) is 36.2 Å². The molecule has 1 aliphatic rings. The normalized spacial score (nSPS) is 14.7. The number of nitrogens with zero attached hydrogens (tertiary/aromatic N) is 2. The topological polar surface area (TPSA) is 84.0 Å². The summed E-state index contributed by atoms with van der Waals surface area (Å²) in [5.74, 6) is 0.850. The Hall–Kier alpha value is -1.67. The van der Waals surface area contributed by atoms with Crippen LogP contribution in [0.25, 0.3) is 0 Å². The Kier molecular flexibility index (Phi) is 3.81. The molecule has 1 heterocycles. The van der Waals surface area contributed by atoms with Gasteiger partial charge in [0, 0.05) is 10.5 Å². The van der Waals surface area contributed by atoms with Crippen LogP contribution in [0.1, 0.15) is 12.8 Å². The van der Waals surface area contributed by atoms with Gasteiger partial charge in [-0.1, -0.05) is 15.9 Å². The van der Waals surface area contributed by atoms with Crippen LogP contribution in [0.15, 0.2) is 45.8 Å². The highest BCUT2D eigenvalue weighted by atomic mass is 79.9. The molecular weight excluding hydrogens is 356 g/mol.